The van der Waals surface area contributed by atoms with Gasteiger partial charge in [-0.2, -0.15) is 0 Å². The number of hydrogen-bond donors (Lipinski definition) is 1. The molecule has 4 nitrogen and oxygen atoms in total. The van der Waals surface area contributed by atoms with Crippen molar-refractivity contribution in [3.05, 3.63) is 12.2 Å². The van der Waals surface area contributed by atoms with Crippen LogP contribution >= 0.6 is 0 Å². The van der Waals surface area contributed by atoms with E-state index in [1.807, 2.05) is 0 Å². The molecule has 0 saturated heterocycles. The molecule has 54 valence electrons. The Morgan fingerprint density at radius 3 is 3.60 bits per heavy atom. The van der Waals surface area contributed by atoms with Crippen molar-refractivity contribution in [3.63, 3.8) is 0 Å². The van der Waals surface area contributed by atoms with Crippen molar-refractivity contribution in [1.29, 1.82) is 0 Å². The summed E-state index contributed by atoms with van der Waals surface area (Å²) in [5, 5.41) is 11.1. The van der Waals surface area contributed by atoms with Crippen LogP contribution in [0.15, 0.2) is 6.33 Å². The third-order valence-corrected chi connectivity index (χ3v) is 1.73. The summed E-state index contributed by atoms with van der Waals surface area (Å²) >= 11 is 0. The van der Waals surface area contributed by atoms with Crippen molar-refractivity contribution in [1.82, 2.24) is 20.1 Å². The van der Waals surface area contributed by atoms with Crippen molar-refractivity contribution in [2.75, 3.05) is 6.54 Å². The van der Waals surface area contributed by atoms with Gasteiger partial charge in [0.2, 0.25) is 0 Å². The largest absolute Gasteiger partial charge is 0.316 e. The average Bonchev–Trinajstić information content (AvgIpc) is 2.28. The van der Waals surface area contributed by atoms with Crippen molar-refractivity contribution in [2.24, 2.45) is 0 Å². The number of nitrogens with one attached hydrogen (secondary N) is 1. The molecule has 2 rings (SSSR count). The minimum atomic E-state index is 0.861. The van der Waals surface area contributed by atoms with Gasteiger partial charge in [-0.15, -0.1) is 10.2 Å². The van der Waals surface area contributed by atoms with Gasteiger partial charge < -0.3 is 9.88 Å². The van der Waals surface area contributed by atoms with E-state index in [1.54, 1.807) is 6.33 Å². The zero-order valence-corrected chi connectivity index (χ0v) is 5.75. The fourth-order valence-corrected chi connectivity index (χ4v) is 1.18. The molecule has 4 heteroatoms. The molecule has 1 aromatic rings. The summed E-state index contributed by atoms with van der Waals surface area (Å²) in [6.45, 7) is 3.00. The molecule has 1 aliphatic rings. The van der Waals surface area contributed by atoms with E-state index in [-0.39, 0.29) is 0 Å². The van der Waals surface area contributed by atoms with Crippen molar-refractivity contribution >= 4 is 0 Å². The van der Waals surface area contributed by atoms with Gasteiger partial charge in [0, 0.05) is 6.54 Å². The average molecular weight is 138 g/mol. The molecule has 1 aliphatic heterocycles. The summed E-state index contributed by atoms with van der Waals surface area (Å²) in [5.74, 6) is 1.05. The second-order valence-electron chi connectivity index (χ2n) is 2.47. The van der Waals surface area contributed by atoms with Gasteiger partial charge in [0.15, 0.2) is 0 Å². The van der Waals surface area contributed by atoms with Crippen LogP contribution in [0.25, 0.3) is 0 Å². The topological polar surface area (TPSA) is 42.7 Å². The van der Waals surface area contributed by atoms with Gasteiger partial charge in [0.05, 0.1) is 6.54 Å². The maximum Gasteiger partial charge on any atom is 0.146 e. The van der Waals surface area contributed by atoms with E-state index in [2.05, 4.69) is 20.1 Å². The lowest BCUT2D eigenvalue weighted by Crippen LogP contribution is -2.12. The second kappa shape index (κ2) is 2.38. The lowest BCUT2D eigenvalue weighted by atomic mass is 10.4. The molecule has 0 bridgehead atoms. The number of nitrogens with zero attached hydrogens (tertiary/aromatic N) is 3. The summed E-state index contributed by atoms with van der Waals surface area (Å²) in [4.78, 5) is 0. The van der Waals surface area contributed by atoms with Crippen LogP contribution in [0.1, 0.15) is 12.2 Å². The third kappa shape index (κ3) is 0.903. The minimum Gasteiger partial charge on any atom is -0.316 e. The number of aromatic nitrogens is 3. The third-order valence-electron chi connectivity index (χ3n) is 1.73. The molecule has 0 radical (unpaired) electrons. The van der Waals surface area contributed by atoms with E-state index in [9.17, 15) is 0 Å². The van der Waals surface area contributed by atoms with Gasteiger partial charge in [-0.05, 0) is 13.0 Å². The fourth-order valence-electron chi connectivity index (χ4n) is 1.18. The molecule has 0 atom stereocenters. The SMILES string of the molecule is c1nnc2n1CCCNC2. The molecule has 0 unspecified atom stereocenters. The van der Waals surface area contributed by atoms with Crippen molar-refractivity contribution in [2.45, 2.75) is 19.5 Å². The lowest BCUT2D eigenvalue weighted by molar-refractivity contribution is 0.641. The lowest BCUT2D eigenvalue weighted by Gasteiger charge is -1.96. The van der Waals surface area contributed by atoms with Crippen LogP contribution in [0.2, 0.25) is 0 Å². The van der Waals surface area contributed by atoms with Gasteiger partial charge in [0.25, 0.3) is 0 Å². The summed E-state index contributed by atoms with van der Waals surface area (Å²) in [6, 6.07) is 0. The highest BCUT2D eigenvalue weighted by Gasteiger charge is 2.05. The molecule has 0 amide bonds. The highest BCUT2D eigenvalue weighted by Crippen LogP contribution is 1.99. The number of hydrogen-bond acceptors (Lipinski definition) is 3. The van der Waals surface area contributed by atoms with Crippen LogP contribution < -0.4 is 5.32 Å². The zero-order valence-electron chi connectivity index (χ0n) is 5.75. The first-order valence-electron chi connectivity index (χ1n) is 3.54. The molecule has 0 aliphatic carbocycles. The van der Waals surface area contributed by atoms with E-state index >= 15 is 0 Å². The molecule has 2 heterocycles. The molecule has 0 fully saturated rings. The Balaban J connectivity index is 2.28. The minimum absolute atomic E-state index is 0.861. The summed E-state index contributed by atoms with van der Waals surface area (Å²) in [7, 11) is 0. The standard InChI is InChI=1S/C6H10N4/c1-2-7-4-6-9-8-5-10(6)3-1/h5,7H,1-4H2. The van der Waals surface area contributed by atoms with Gasteiger partial charge in [-0.1, -0.05) is 0 Å². The van der Waals surface area contributed by atoms with Crippen LogP contribution in [0, 0.1) is 0 Å². The first-order chi connectivity index (χ1) is 4.97. The fraction of sp³-hybridized carbons (Fsp3) is 0.667. The number of fused-ring (bicyclic) bond motifs is 1. The summed E-state index contributed by atoms with van der Waals surface area (Å²) in [6.07, 6.45) is 2.97. The summed E-state index contributed by atoms with van der Waals surface area (Å²) in [5.41, 5.74) is 0. The first kappa shape index (κ1) is 5.85. The van der Waals surface area contributed by atoms with Crippen LogP contribution in [0.4, 0.5) is 0 Å². The molecular weight excluding hydrogens is 128 g/mol. The maximum atomic E-state index is 3.97. The van der Waals surface area contributed by atoms with Crippen LogP contribution in [0.5, 0.6) is 0 Å². The van der Waals surface area contributed by atoms with Crippen LogP contribution in [-0.4, -0.2) is 21.3 Å². The molecule has 1 N–H and O–H groups in total. The molecule has 0 saturated carbocycles. The van der Waals surface area contributed by atoms with Crippen molar-refractivity contribution < 1.29 is 0 Å². The van der Waals surface area contributed by atoms with Crippen LogP contribution in [-0.2, 0) is 13.1 Å². The first-order valence-corrected chi connectivity index (χ1v) is 3.54. The Labute approximate surface area is 59.3 Å². The van der Waals surface area contributed by atoms with E-state index in [0.717, 1.165) is 25.5 Å². The van der Waals surface area contributed by atoms with E-state index in [0.29, 0.717) is 0 Å². The van der Waals surface area contributed by atoms with Gasteiger partial charge in [0.1, 0.15) is 12.2 Å². The Bertz CT molecular complexity index is 197. The molecule has 1 aromatic heterocycles. The highest BCUT2D eigenvalue weighted by molar-refractivity contribution is 4.86. The van der Waals surface area contributed by atoms with Gasteiger partial charge in [-0.3, -0.25) is 0 Å². The molecule has 0 aromatic carbocycles. The highest BCUT2D eigenvalue weighted by atomic mass is 15.3. The van der Waals surface area contributed by atoms with Gasteiger partial charge >= 0.3 is 0 Å². The Morgan fingerprint density at radius 2 is 2.60 bits per heavy atom. The Morgan fingerprint density at radius 1 is 1.60 bits per heavy atom. The van der Waals surface area contributed by atoms with E-state index in [1.165, 1.54) is 6.42 Å². The molecule has 10 heavy (non-hydrogen) atoms. The Hall–Kier alpha value is -0.900. The quantitative estimate of drug-likeness (QED) is 0.538. The normalized spacial score (nSPS) is 18.0. The van der Waals surface area contributed by atoms with Crippen molar-refractivity contribution in [3.8, 4) is 0 Å². The number of aryl methyl sites for hydroxylation is 1. The maximum absolute atomic E-state index is 3.97. The van der Waals surface area contributed by atoms with E-state index in [4.69, 9.17) is 0 Å². The number of rotatable bonds is 0. The monoisotopic (exact) mass is 138 g/mol. The predicted octanol–water partition coefficient (Wildman–Crippen LogP) is -0.229. The smallest absolute Gasteiger partial charge is 0.146 e. The summed E-state index contributed by atoms with van der Waals surface area (Å²) < 4.78 is 2.10. The molecule has 0 spiro atoms. The van der Waals surface area contributed by atoms with Crippen LogP contribution in [0.3, 0.4) is 0 Å². The molecular formula is C6H10N4. The zero-order chi connectivity index (χ0) is 6.81. The predicted molar refractivity (Wildman–Crippen MR) is 36.3 cm³/mol. The van der Waals surface area contributed by atoms with Gasteiger partial charge in [-0.25, -0.2) is 0 Å². The van der Waals surface area contributed by atoms with E-state index < -0.39 is 0 Å². The second-order valence-corrected chi connectivity index (χ2v) is 2.47. The Kier molecular flexibility index (Phi) is 1.39.